The molecule has 1 aromatic heterocycles. The molecule has 0 aliphatic carbocycles. The van der Waals surface area contributed by atoms with Crippen LogP contribution in [0.25, 0.3) is 21.7 Å². The van der Waals surface area contributed by atoms with Crippen molar-refractivity contribution < 1.29 is 24.6 Å². The molecule has 4 aromatic rings. The van der Waals surface area contributed by atoms with Crippen molar-refractivity contribution in [2.75, 3.05) is 0 Å². The normalized spacial score (nSPS) is 11.9. The number of aromatic hydroxyl groups is 1. The number of rotatable bonds is 6. The largest absolute Gasteiger partial charge is 0.506 e. The number of nitrogens with one attached hydrogen (secondary N) is 2. The maximum Gasteiger partial charge on any atom is 0.341 e. The molecule has 0 aliphatic rings. The molecule has 0 bridgehead atoms. The number of phenols is 1. The van der Waals surface area contributed by atoms with Gasteiger partial charge in [0.1, 0.15) is 11.3 Å². The maximum absolute atomic E-state index is 12.7. The number of hydrogen-bond donors (Lipinski definition) is 4. The summed E-state index contributed by atoms with van der Waals surface area (Å²) in [4.78, 5) is 51.8. The van der Waals surface area contributed by atoms with E-state index in [1.807, 2.05) is 12.1 Å². The van der Waals surface area contributed by atoms with Crippen LogP contribution in [-0.4, -0.2) is 38.9 Å². The van der Waals surface area contributed by atoms with Crippen LogP contribution in [0.1, 0.15) is 33.2 Å². The molecule has 3 aromatic carbocycles. The number of benzene rings is 3. The van der Waals surface area contributed by atoms with E-state index in [2.05, 4.69) is 10.3 Å². The summed E-state index contributed by atoms with van der Waals surface area (Å²) in [6.45, 7) is 1.54. The number of hydrogen-bond acceptors (Lipinski definition) is 5. The molecular weight excluding hydrogens is 424 g/mol. The monoisotopic (exact) mass is 444 g/mol. The Kier molecular flexibility index (Phi) is 5.66. The summed E-state index contributed by atoms with van der Waals surface area (Å²) < 4.78 is 0. The molecule has 166 valence electrons. The number of amides is 1. The van der Waals surface area contributed by atoms with Gasteiger partial charge in [0.15, 0.2) is 5.78 Å². The van der Waals surface area contributed by atoms with Crippen LogP contribution in [0.2, 0.25) is 0 Å². The molecular formula is C25H20N2O6. The van der Waals surface area contributed by atoms with Gasteiger partial charge in [0.25, 0.3) is 5.91 Å². The zero-order valence-corrected chi connectivity index (χ0v) is 17.6. The highest BCUT2D eigenvalue weighted by atomic mass is 16.4. The van der Waals surface area contributed by atoms with Crippen LogP contribution in [-0.2, 0) is 11.2 Å². The SMILES string of the molecule is C[C@H](NC(=O)c1ccc2ccccc2c1O)C(=O)Cc1ccc2[nH]cc(C(=O)O)c(=O)c2c1. The van der Waals surface area contributed by atoms with E-state index in [0.29, 0.717) is 16.5 Å². The molecule has 0 radical (unpaired) electrons. The minimum Gasteiger partial charge on any atom is -0.506 e. The van der Waals surface area contributed by atoms with Crippen LogP contribution in [0.3, 0.4) is 0 Å². The highest BCUT2D eigenvalue weighted by Gasteiger charge is 2.20. The average molecular weight is 444 g/mol. The number of carbonyl (C=O) groups excluding carboxylic acids is 2. The molecule has 0 fully saturated rings. The van der Waals surface area contributed by atoms with Crippen molar-refractivity contribution in [3.05, 3.63) is 87.7 Å². The average Bonchev–Trinajstić information content (AvgIpc) is 2.79. The fourth-order valence-corrected chi connectivity index (χ4v) is 3.68. The number of ketones is 1. The van der Waals surface area contributed by atoms with E-state index < -0.39 is 23.3 Å². The second-order valence-electron chi connectivity index (χ2n) is 7.74. The Hall–Kier alpha value is -4.46. The summed E-state index contributed by atoms with van der Waals surface area (Å²) in [5.74, 6) is -2.39. The molecule has 1 heterocycles. The topological polar surface area (TPSA) is 137 Å². The van der Waals surface area contributed by atoms with E-state index in [1.54, 1.807) is 30.3 Å². The zero-order valence-electron chi connectivity index (χ0n) is 17.6. The number of carbonyl (C=O) groups is 3. The Balaban J connectivity index is 1.52. The van der Waals surface area contributed by atoms with E-state index in [1.165, 1.54) is 19.1 Å². The number of carboxylic acids is 1. The summed E-state index contributed by atoms with van der Waals surface area (Å²) in [5, 5.41) is 23.7. The van der Waals surface area contributed by atoms with E-state index in [-0.39, 0.29) is 34.5 Å². The molecule has 0 aliphatic heterocycles. The lowest BCUT2D eigenvalue weighted by Crippen LogP contribution is -2.39. The fourth-order valence-electron chi connectivity index (χ4n) is 3.68. The van der Waals surface area contributed by atoms with Crippen molar-refractivity contribution in [3.63, 3.8) is 0 Å². The minimum absolute atomic E-state index is 0.0618. The number of Topliss-reactive ketones (excluding diaryl/α,β-unsaturated/α-hetero) is 1. The predicted octanol–water partition coefficient (Wildman–Crippen LogP) is 3.02. The predicted molar refractivity (Wildman–Crippen MR) is 123 cm³/mol. The van der Waals surface area contributed by atoms with Crippen molar-refractivity contribution in [2.45, 2.75) is 19.4 Å². The standard InChI is InChI=1S/C25H20N2O6/c1-13(27-24(31)17-8-7-15-4-2-3-5-16(15)22(17)29)21(28)11-14-6-9-20-18(10-14)23(30)19(12-26-20)25(32)33/h2-10,12-13,29H,11H2,1H3,(H,26,30)(H,27,31)(H,32,33)/t13-/m0/s1. The van der Waals surface area contributed by atoms with Crippen molar-refractivity contribution in [2.24, 2.45) is 0 Å². The van der Waals surface area contributed by atoms with Crippen molar-refractivity contribution in [1.29, 1.82) is 0 Å². The van der Waals surface area contributed by atoms with Gasteiger partial charge in [0.2, 0.25) is 5.43 Å². The van der Waals surface area contributed by atoms with Gasteiger partial charge in [-0.05, 0) is 36.1 Å². The van der Waals surface area contributed by atoms with E-state index in [4.69, 9.17) is 5.11 Å². The van der Waals surface area contributed by atoms with Gasteiger partial charge < -0.3 is 20.5 Å². The lowest BCUT2D eigenvalue weighted by atomic mass is 10.0. The van der Waals surface area contributed by atoms with Crippen LogP contribution in [0.5, 0.6) is 5.75 Å². The molecule has 1 amide bonds. The summed E-state index contributed by atoms with van der Waals surface area (Å²) in [7, 11) is 0. The second kappa shape index (κ2) is 8.58. The quantitative estimate of drug-likeness (QED) is 0.361. The molecule has 8 heteroatoms. The fraction of sp³-hybridized carbons (Fsp3) is 0.120. The van der Waals surface area contributed by atoms with Crippen LogP contribution in [0, 0.1) is 0 Å². The number of pyridine rings is 1. The molecule has 0 saturated carbocycles. The van der Waals surface area contributed by atoms with Crippen LogP contribution < -0.4 is 10.7 Å². The third-order valence-corrected chi connectivity index (χ3v) is 5.53. The smallest absolute Gasteiger partial charge is 0.341 e. The molecule has 0 spiro atoms. The second-order valence-corrected chi connectivity index (χ2v) is 7.74. The number of aromatic amines is 1. The Labute approximate surface area is 187 Å². The number of phenolic OH excluding ortho intramolecular Hbond substituents is 1. The highest BCUT2D eigenvalue weighted by Crippen LogP contribution is 2.28. The first-order valence-electron chi connectivity index (χ1n) is 10.2. The van der Waals surface area contributed by atoms with Crippen molar-refractivity contribution in [1.82, 2.24) is 10.3 Å². The minimum atomic E-state index is -1.34. The number of fused-ring (bicyclic) bond motifs is 2. The number of carboxylic acid groups (broad SMARTS) is 1. The molecule has 33 heavy (non-hydrogen) atoms. The van der Waals surface area contributed by atoms with Gasteiger partial charge in [0.05, 0.1) is 11.6 Å². The molecule has 0 saturated heterocycles. The van der Waals surface area contributed by atoms with Crippen LogP contribution >= 0.6 is 0 Å². The molecule has 4 N–H and O–H groups in total. The molecule has 0 unspecified atom stereocenters. The van der Waals surface area contributed by atoms with E-state index in [9.17, 15) is 24.3 Å². The highest BCUT2D eigenvalue weighted by molar-refractivity contribution is 6.05. The van der Waals surface area contributed by atoms with Gasteiger partial charge in [-0.3, -0.25) is 14.4 Å². The number of H-pyrrole nitrogens is 1. The lowest BCUT2D eigenvalue weighted by molar-refractivity contribution is -0.119. The van der Waals surface area contributed by atoms with Gasteiger partial charge in [0, 0.05) is 28.9 Å². The Morgan fingerprint density at radius 1 is 1.00 bits per heavy atom. The molecule has 1 atom stereocenters. The first kappa shape index (κ1) is 21.8. The third-order valence-electron chi connectivity index (χ3n) is 5.53. The summed E-state index contributed by atoms with van der Waals surface area (Å²) in [6.07, 6.45) is 1.06. The Bertz CT molecular complexity index is 1490. The van der Waals surface area contributed by atoms with E-state index >= 15 is 0 Å². The van der Waals surface area contributed by atoms with Gasteiger partial charge in [-0.15, -0.1) is 0 Å². The van der Waals surface area contributed by atoms with Gasteiger partial charge >= 0.3 is 5.97 Å². The third kappa shape index (κ3) is 4.18. The van der Waals surface area contributed by atoms with Gasteiger partial charge in [-0.1, -0.05) is 36.4 Å². The van der Waals surface area contributed by atoms with Crippen LogP contribution in [0.4, 0.5) is 0 Å². The van der Waals surface area contributed by atoms with Gasteiger partial charge in [-0.2, -0.15) is 0 Å². The lowest BCUT2D eigenvalue weighted by Gasteiger charge is -2.14. The number of aromatic nitrogens is 1. The zero-order chi connectivity index (χ0) is 23.7. The summed E-state index contributed by atoms with van der Waals surface area (Å²) in [6, 6.07) is 14.2. The van der Waals surface area contributed by atoms with E-state index in [0.717, 1.165) is 11.6 Å². The van der Waals surface area contributed by atoms with Crippen molar-refractivity contribution in [3.8, 4) is 5.75 Å². The maximum atomic E-state index is 12.7. The Morgan fingerprint density at radius 2 is 1.76 bits per heavy atom. The summed E-state index contributed by atoms with van der Waals surface area (Å²) >= 11 is 0. The summed E-state index contributed by atoms with van der Waals surface area (Å²) in [5.41, 5.74) is -0.00297. The Morgan fingerprint density at radius 3 is 2.52 bits per heavy atom. The van der Waals surface area contributed by atoms with Gasteiger partial charge in [-0.25, -0.2) is 4.79 Å². The first-order chi connectivity index (χ1) is 15.8. The number of aromatic carboxylic acids is 1. The first-order valence-corrected chi connectivity index (χ1v) is 10.2. The molecule has 4 rings (SSSR count). The molecule has 8 nitrogen and oxygen atoms in total. The van der Waals surface area contributed by atoms with Crippen molar-refractivity contribution >= 4 is 39.3 Å². The van der Waals surface area contributed by atoms with Crippen LogP contribution in [0.15, 0.2) is 65.6 Å².